The molecule has 0 aliphatic carbocycles. The Kier molecular flexibility index (Phi) is 4.86. The molecular formula is C13H18N4O3. The monoisotopic (exact) mass is 278 g/mol. The fourth-order valence-electron chi connectivity index (χ4n) is 2.20. The molecule has 108 valence electrons. The molecule has 20 heavy (non-hydrogen) atoms. The van der Waals surface area contributed by atoms with Crippen molar-refractivity contribution in [3.63, 3.8) is 0 Å². The van der Waals surface area contributed by atoms with Crippen molar-refractivity contribution in [3.8, 4) is 0 Å². The molecule has 0 atom stereocenters. The van der Waals surface area contributed by atoms with Gasteiger partial charge >= 0.3 is 0 Å². The van der Waals surface area contributed by atoms with E-state index in [9.17, 15) is 14.9 Å². The molecule has 0 unspecified atom stereocenters. The predicted molar refractivity (Wildman–Crippen MR) is 74.4 cm³/mol. The highest BCUT2D eigenvalue weighted by atomic mass is 16.6. The quantitative estimate of drug-likeness (QED) is 0.655. The van der Waals surface area contributed by atoms with Crippen molar-refractivity contribution in [3.05, 3.63) is 28.4 Å². The Balaban J connectivity index is 1.74. The third-order valence-corrected chi connectivity index (χ3v) is 3.31. The number of nitrogens with one attached hydrogen (secondary N) is 1. The minimum Gasteiger partial charge on any atom is -0.370 e. The Labute approximate surface area is 117 Å². The second-order valence-corrected chi connectivity index (χ2v) is 4.78. The molecular weight excluding hydrogens is 260 g/mol. The molecule has 1 amide bonds. The largest absolute Gasteiger partial charge is 0.370 e. The number of likely N-dealkylation sites (tertiary alicyclic amines) is 1. The minimum atomic E-state index is -0.489. The molecule has 0 bridgehead atoms. The summed E-state index contributed by atoms with van der Waals surface area (Å²) in [6.45, 7) is 2.20. The summed E-state index contributed by atoms with van der Waals surface area (Å²) in [7, 11) is 0. The summed E-state index contributed by atoms with van der Waals surface area (Å²) < 4.78 is 0. The van der Waals surface area contributed by atoms with Crippen LogP contribution in [0.2, 0.25) is 0 Å². The molecule has 0 aromatic carbocycles. The van der Waals surface area contributed by atoms with Gasteiger partial charge in [-0.1, -0.05) is 0 Å². The molecule has 2 rings (SSSR count). The molecule has 1 aromatic rings. The van der Waals surface area contributed by atoms with Crippen molar-refractivity contribution in [2.24, 2.45) is 0 Å². The summed E-state index contributed by atoms with van der Waals surface area (Å²) in [6.07, 6.45) is 4.99. The van der Waals surface area contributed by atoms with E-state index in [-0.39, 0.29) is 11.6 Å². The predicted octanol–water partition coefficient (Wildman–Crippen LogP) is 1.80. The van der Waals surface area contributed by atoms with Gasteiger partial charge in [0.25, 0.3) is 5.69 Å². The molecule has 1 aliphatic heterocycles. The summed E-state index contributed by atoms with van der Waals surface area (Å²) in [5.41, 5.74) is -0.0417. The lowest BCUT2D eigenvalue weighted by Gasteiger charge is -2.26. The molecule has 1 N–H and O–H groups in total. The molecule has 0 radical (unpaired) electrons. The average Bonchev–Trinajstić information content (AvgIpc) is 2.48. The van der Waals surface area contributed by atoms with Gasteiger partial charge in [0.15, 0.2) is 0 Å². The zero-order valence-electron chi connectivity index (χ0n) is 11.2. The second kappa shape index (κ2) is 6.83. The number of pyridine rings is 1. The first-order valence-electron chi connectivity index (χ1n) is 6.79. The number of nitro groups is 1. The van der Waals surface area contributed by atoms with Gasteiger partial charge in [-0.05, 0) is 25.3 Å². The van der Waals surface area contributed by atoms with Crippen LogP contribution in [0.4, 0.5) is 11.5 Å². The van der Waals surface area contributed by atoms with Crippen LogP contribution in [-0.4, -0.2) is 40.3 Å². The Morgan fingerprint density at radius 1 is 1.35 bits per heavy atom. The first kappa shape index (κ1) is 14.2. The average molecular weight is 278 g/mol. The van der Waals surface area contributed by atoms with Crippen molar-refractivity contribution in [1.82, 2.24) is 9.88 Å². The molecule has 1 saturated heterocycles. The highest BCUT2D eigenvalue weighted by molar-refractivity contribution is 5.76. The number of piperidine rings is 1. The number of carbonyl (C=O) groups is 1. The van der Waals surface area contributed by atoms with Crippen molar-refractivity contribution >= 4 is 17.4 Å². The van der Waals surface area contributed by atoms with Crippen LogP contribution in [0.1, 0.15) is 25.7 Å². The summed E-state index contributed by atoms with van der Waals surface area (Å²) in [6, 6.07) is 2.94. The van der Waals surface area contributed by atoms with E-state index in [0.29, 0.717) is 18.8 Å². The van der Waals surface area contributed by atoms with E-state index in [1.807, 2.05) is 4.90 Å². The van der Waals surface area contributed by atoms with E-state index in [4.69, 9.17) is 0 Å². The van der Waals surface area contributed by atoms with Crippen molar-refractivity contribution in [2.75, 3.05) is 25.0 Å². The van der Waals surface area contributed by atoms with Gasteiger partial charge in [0.1, 0.15) is 12.0 Å². The maximum absolute atomic E-state index is 11.9. The van der Waals surface area contributed by atoms with E-state index in [2.05, 4.69) is 10.3 Å². The molecule has 1 aromatic heterocycles. The van der Waals surface area contributed by atoms with E-state index in [1.165, 1.54) is 18.7 Å². The van der Waals surface area contributed by atoms with Gasteiger partial charge in [-0.3, -0.25) is 14.9 Å². The van der Waals surface area contributed by atoms with Crippen LogP contribution in [-0.2, 0) is 4.79 Å². The van der Waals surface area contributed by atoms with Crippen LogP contribution < -0.4 is 5.32 Å². The van der Waals surface area contributed by atoms with Gasteiger partial charge in [-0.2, -0.15) is 0 Å². The highest BCUT2D eigenvalue weighted by Crippen LogP contribution is 2.12. The second-order valence-electron chi connectivity index (χ2n) is 4.78. The Morgan fingerprint density at radius 3 is 2.70 bits per heavy atom. The van der Waals surface area contributed by atoms with Gasteiger partial charge in [0.05, 0.1) is 4.92 Å². The number of aromatic nitrogens is 1. The number of rotatable bonds is 5. The lowest BCUT2D eigenvalue weighted by atomic mass is 10.1. The van der Waals surface area contributed by atoms with Gasteiger partial charge in [0, 0.05) is 32.1 Å². The summed E-state index contributed by atoms with van der Waals surface area (Å²) in [5, 5.41) is 13.5. The van der Waals surface area contributed by atoms with Crippen LogP contribution >= 0.6 is 0 Å². The van der Waals surface area contributed by atoms with Gasteiger partial charge < -0.3 is 10.2 Å². The van der Waals surface area contributed by atoms with Gasteiger partial charge in [-0.25, -0.2) is 4.98 Å². The van der Waals surface area contributed by atoms with Crippen molar-refractivity contribution in [2.45, 2.75) is 25.7 Å². The number of anilines is 1. The van der Waals surface area contributed by atoms with Crippen LogP contribution in [0.25, 0.3) is 0 Å². The summed E-state index contributed by atoms with van der Waals surface area (Å²) >= 11 is 0. The van der Waals surface area contributed by atoms with E-state index in [0.717, 1.165) is 25.9 Å². The molecule has 0 spiro atoms. The first-order valence-corrected chi connectivity index (χ1v) is 6.79. The topological polar surface area (TPSA) is 88.4 Å². The van der Waals surface area contributed by atoms with Crippen LogP contribution in [0.3, 0.4) is 0 Å². The maximum atomic E-state index is 11.9. The zero-order valence-corrected chi connectivity index (χ0v) is 11.2. The number of carbonyl (C=O) groups excluding carboxylic acids is 1. The van der Waals surface area contributed by atoms with Crippen molar-refractivity contribution < 1.29 is 9.72 Å². The lowest BCUT2D eigenvalue weighted by Crippen LogP contribution is -2.36. The van der Waals surface area contributed by atoms with E-state index < -0.39 is 4.92 Å². The zero-order chi connectivity index (χ0) is 14.4. The normalized spacial score (nSPS) is 14.9. The smallest absolute Gasteiger partial charge is 0.287 e. The van der Waals surface area contributed by atoms with Gasteiger partial charge in [0.2, 0.25) is 5.91 Å². The lowest BCUT2D eigenvalue weighted by molar-refractivity contribution is -0.385. The standard InChI is InChI=1S/C13H18N4O3/c18-13(16-8-2-1-3-9-16)6-7-14-12-5-4-11(10-15-12)17(19)20/h4-5,10H,1-3,6-9H2,(H,14,15). The highest BCUT2D eigenvalue weighted by Gasteiger charge is 2.15. The third-order valence-electron chi connectivity index (χ3n) is 3.31. The van der Waals surface area contributed by atoms with Crippen molar-refractivity contribution in [1.29, 1.82) is 0 Å². The Bertz CT molecular complexity index is 469. The molecule has 0 saturated carbocycles. The van der Waals surface area contributed by atoms with Crippen LogP contribution in [0.15, 0.2) is 18.3 Å². The van der Waals surface area contributed by atoms with Crippen LogP contribution in [0.5, 0.6) is 0 Å². The molecule has 1 aliphatic rings. The molecule has 7 nitrogen and oxygen atoms in total. The van der Waals surface area contributed by atoms with E-state index in [1.54, 1.807) is 6.07 Å². The fraction of sp³-hybridized carbons (Fsp3) is 0.538. The molecule has 1 fully saturated rings. The molecule has 2 heterocycles. The van der Waals surface area contributed by atoms with Crippen LogP contribution in [0, 0.1) is 10.1 Å². The SMILES string of the molecule is O=C(CCNc1ccc([N+](=O)[O-])cn1)N1CCCCC1. The Hall–Kier alpha value is -2.18. The maximum Gasteiger partial charge on any atom is 0.287 e. The summed E-state index contributed by atoms with van der Waals surface area (Å²) in [4.78, 5) is 27.7. The summed E-state index contributed by atoms with van der Waals surface area (Å²) in [5.74, 6) is 0.696. The number of hydrogen-bond donors (Lipinski definition) is 1. The Morgan fingerprint density at radius 2 is 2.10 bits per heavy atom. The number of hydrogen-bond acceptors (Lipinski definition) is 5. The number of nitrogens with zero attached hydrogens (tertiary/aromatic N) is 3. The third kappa shape index (κ3) is 3.91. The first-order chi connectivity index (χ1) is 9.66. The van der Waals surface area contributed by atoms with Gasteiger partial charge in [-0.15, -0.1) is 0 Å². The molecule has 7 heteroatoms. The number of amides is 1. The minimum absolute atomic E-state index is 0.0417. The van der Waals surface area contributed by atoms with E-state index >= 15 is 0 Å². The fourth-order valence-corrected chi connectivity index (χ4v) is 2.20.